The fourth-order valence-corrected chi connectivity index (χ4v) is 5.39. The van der Waals surface area contributed by atoms with Gasteiger partial charge in [0.2, 0.25) is 5.95 Å². The Bertz CT molecular complexity index is 1190. The van der Waals surface area contributed by atoms with Crippen molar-refractivity contribution in [3.05, 3.63) is 41.9 Å². The summed E-state index contributed by atoms with van der Waals surface area (Å²) in [6.45, 7) is 11.9. The number of aromatic nitrogens is 4. The lowest BCUT2D eigenvalue weighted by Gasteiger charge is -2.34. The average Bonchev–Trinajstić information content (AvgIpc) is 3.23. The van der Waals surface area contributed by atoms with E-state index in [-0.39, 0.29) is 6.61 Å². The SMILES string of the molecule is CC1CCC(C)N1c1nc([C@@H](C)O)cc2cnc(Nc3ccc(CN4CCN(CCO)CC4)cn3)nc12. The largest absolute Gasteiger partial charge is 0.395 e. The standard InChI is InChI=1S/C27H38N8O2/c1-18-4-5-19(2)35(18)26-25-22(14-23(30-26)20(3)37)16-29-27(32-25)31-24-7-6-21(15-28-24)17-34-10-8-33(9-11-34)12-13-36/h6-7,14-16,18-20,36-37H,4-5,8-13,17H2,1-3H3,(H,28,29,31,32)/t18?,19?,20-/m1/s1. The minimum absolute atomic E-state index is 0.219. The van der Waals surface area contributed by atoms with E-state index in [0.717, 1.165) is 74.4 Å². The third-order valence-electron chi connectivity index (χ3n) is 7.54. The highest BCUT2D eigenvalue weighted by Gasteiger charge is 2.31. The van der Waals surface area contributed by atoms with E-state index in [4.69, 9.17) is 15.1 Å². The zero-order valence-electron chi connectivity index (χ0n) is 22.0. The topological polar surface area (TPSA) is 114 Å². The number of aliphatic hydroxyl groups excluding tert-OH is 2. The summed E-state index contributed by atoms with van der Waals surface area (Å²) >= 11 is 0. The molecule has 0 saturated carbocycles. The van der Waals surface area contributed by atoms with E-state index in [9.17, 15) is 5.11 Å². The Kier molecular flexibility index (Phi) is 7.80. The zero-order valence-corrected chi connectivity index (χ0v) is 22.0. The van der Waals surface area contributed by atoms with Crippen LogP contribution in [0.25, 0.3) is 10.9 Å². The maximum Gasteiger partial charge on any atom is 0.229 e. The quantitative estimate of drug-likeness (QED) is 0.421. The second kappa shape index (κ2) is 11.2. The predicted molar refractivity (Wildman–Crippen MR) is 145 cm³/mol. The number of rotatable bonds is 8. The first-order chi connectivity index (χ1) is 17.9. The fourth-order valence-electron chi connectivity index (χ4n) is 5.39. The Balaban J connectivity index is 1.32. The molecule has 3 N–H and O–H groups in total. The van der Waals surface area contributed by atoms with Crippen LogP contribution in [-0.2, 0) is 6.54 Å². The Morgan fingerprint density at radius 1 is 1.00 bits per heavy atom. The Morgan fingerprint density at radius 2 is 1.73 bits per heavy atom. The van der Waals surface area contributed by atoms with Gasteiger partial charge >= 0.3 is 0 Å². The van der Waals surface area contributed by atoms with E-state index in [1.54, 1.807) is 13.1 Å². The van der Waals surface area contributed by atoms with E-state index in [1.165, 1.54) is 0 Å². The van der Waals surface area contributed by atoms with Crippen LogP contribution in [0, 0.1) is 0 Å². The first-order valence-electron chi connectivity index (χ1n) is 13.3. The summed E-state index contributed by atoms with van der Waals surface area (Å²) in [5.41, 5.74) is 2.57. The number of anilines is 3. The van der Waals surface area contributed by atoms with Gasteiger partial charge in [-0.15, -0.1) is 0 Å². The van der Waals surface area contributed by atoms with Crippen molar-refractivity contribution in [1.82, 2.24) is 29.7 Å². The molecular weight excluding hydrogens is 468 g/mol. The number of hydrogen-bond acceptors (Lipinski definition) is 10. The number of nitrogens with one attached hydrogen (secondary N) is 1. The Labute approximate surface area is 218 Å². The minimum Gasteiger partial charge on any atom is -0.395 e. The van der Waals surface area contributed by atoms with Gasteiger partial charge in [0.05, 0.1) is 18.4 Å². The molecule has 10 heteroatoms. The van der Waals surface area contributed by atoms with Crippen LogP contribution in [0.1, 0.15) is 51.0 Å². The normalized spacial score (nSPS) is 22.0. The lowest BCUT2D eigenvalue weighted by molar-refractivity contribution is 0.108. The van der Waals surface area contributed by atoms with E-state index in [1.807, 2.05) is 18.3 Å². The third kappa shape index (κ3) is 5.82. The number of nitrogens with zero attached hydrogens (tertiary/aromatic N) is 7. The molecule has 5 heterocycles. The van der Waals surface area contributed by atoms with Gasteiger partial charge in [-0.1, -0.05) is 6.07 Å². The average molecular weight is 507 g/mol. The van der Waals surface area contributed by atoms with Gasteiger partial charge in [-0.3, -0.25) is 9.80 Å². The number of aliphatic hydroxyl groups is 2. The number of hydrogen-bond donors (Lipinski definition) is 3. The second-order valence-electron chi connectivity index (χ2n) is 10.4. The second-order valence-corrected chi connectivity index (χ2v) is 10.4. The van der Waals surface area contributed by atoms with Crippen LogP contribution in [0.3, 0.4) is 0 Å². The summed E-state index contributed by atoms with van der Waals surface area (Å²) in [6.07, 6.45) is 5.24. The number of fused-ring (bicyclic) bond motifs is 1. The highest BCUT2D eigenvalue weighted by Crippen LogP contribution is 2.34. The van der Waals surface area contributed by atoms with E-state index < -0.39 is 6.10 Å². The van der Waals surface area contributed by atoms with Gasteiger partial charge in [-0.2, -0.15) is 0 Å². The molecule has 0 bridgehead atoms. The third-order valence-corrected chi connectivity index (χ3v) is 7.54. The summed E-state index contributed by atoms with van der Waals surface area (Å²) in [6, 6.07) is 6.63. The molecule has 198 valence electrons. The van der Waals surface area contributed by atoms with Crippen molar-refractivity contribution in [3.8, 4) is 0 Å². The Morgan fingerprint density at radius 3 is 2.38 bits per heavy atom. The summed E-state index contributed by atoms with van der Waals surface area (Å²) in [5.74, 6) is 1.97. The molecule has 2 aliphatic rings. The molecular formula is C27H38N8O2. The van der Waals surface area contributed by atoms with Crippen molar-refractivity contribution in [1.29, 1.82) is 0 Å². The molecule has 0 spiro atoms. The van der Waals surface area contributed by atoms with Crippen LogP contribution in [0.4, 0.5) is 17.6 Å². The number of pyridine rings is 2. The maximum absolute atomic E-state index is 10.2. The lowest BCUT2D eigenvalue weighted by Crippen LogP contribution is -2.46. The molecule has 3 aromatic rings. The predicted octanol–water partition coefficient (Wildman–Crippen LogP) is 2.70. The lowest BCUT2D eigenvalue weighted by atomic mass is 10.1. The molecule has 2 unspecified atom stereocenters. The van der Waals surface area contributed by atoms with Crippen LogP contribution in [0.2, 0.25) is 0 Å². The molecule has 0 radical (unpaired) electrons. The van der Waals surface area contributed by atoms with Gasteiger partial charge in [0.1, 0.15) is 11.3 Å². The maximum atomic E-state index is 10.2. The first-order valence-corrected chi connectivity index (χ1v) is 13.3. The van der Waals surface area contributed by atoms with E-state index >= 15 is 0 Å². The molecule has 5 rings (SSSR count). The molecule has 0 aliphatic carbocycles. The first kappa shape index (κ1) is 25.7. The molecule has 0 amide bonds. The molecule has 0 aromatic carbocycles. The molecule has 2 aliphatic heterocycles. The van der Waals surface area contributed by atoms with Crippen molar-refractivity contribution >= 4 is 28.5 Å². The minimum atomic E-state index is -0.665. The van der Waals surface area contributed by atoms with E-state index in [2.05, 4.69) is 49.9 Å². The van der Waals surface area contributed by atoms with Gasteiger partial charge in [-0.05, 0) is 51.3 Å². The molecule has 3 aromatic heterocycles. The summed E-state index contributed by atoms with van der Waals surface area (Å²) in [4.78, 5) is 25.8. The van der Waals surface area contributed by atoms with E-state index in [0.29, 0.717) is 29.5 Å². The highest BCUT2D eigenvalue weighted by molar-refractivity contribution is 5.90. The van der Waals surface area contributed by atoms with Crippen LogP contribution in [0.5, 0.6) is 0 Å². The molecule has 2 saturated heterocycles. The van der Waals surface area contributed by atoms with Crippen molar-refractivity contribution in [2.75, 3.05) is 49.5 Å². The van der Waals surface area contributed by atoms with Crippen LogP contribution in [0.15, 0.2) is 30.6 Å². The highest BCUT2D eigenvalue weighted by atomic mass is 16.3. The molecule has 2 fully saturated rings. The van der Waals surface area contributed by atoms with Gasteiger partial charge in [-0.25, -0.2) is 19.9 Å². The Hall–Kier alpha value is -2.92. The summed E-state index contributed by atoms with van der Waals surface area (Å²) in [7, 11) is 0. The van der Waals surface area contributed by atoms with Crippen molar-refractivity contribution in [3.63, 3.8) is 0 Å². The van der Waals surface area contributed by atoms with Crippen LogP contribution >= 0.6 is 0 Å². The molecule has 37 heavy (non-hydrogen) atoms. The number of β-amino-alcohol motifs (C(OH)–C–C–N with tert-alkyl or cyclic N) is 1. The van der Waals surface area contributed by atoms with Gasteiger partial charge in [0.25, 0.3) is 0 Å². The summed E-state index contributed by atoms with van der Waals surface area (Å²) in [5, 5.41) is 23.5. The smallest absolute Gasteiger partial charge is 0.229 e. The summed E-state index contributed by atoms with van der Waals surface area (Å²) < 4.78 is 0. The van der Waals surface area contributed by atoms with Gasteiger partial charge in [0, 0.05) is 69.1 Å². The zero-order chi connectivity index (χ0) is 25.9. The monoisotopic (exact) mass is 506 g/mol. The van der Waals surface area contributed by atoms with Crippen molar-refractivity contribution < 1.29 is 10.2 Å². The van der Waals surface area contributed by atoms with Gasteiger partial charge in [0.15, 0.2) is 5.82 Å². The van der Waals surface area contributed by atoms with Gasteiger partial charge < -0.3 is 20.4 Å². The van der Waals surface area contributed by atoms with Crippen molar-refractivity contribution in [2.45, 2.75) is 58.3 Å². The number of piperazine rings is 1. The van der Waals surface area contributed by atoms with Crippen LogP contribution < -0.4 is 10.2 Å². The fraction of sp³-hybridized carbons (Fsp3) is 0.556. The molecule has 3 atom stereocenters. The van der Waals surface area contributed by atoms with Crippen molar-refractivity contribution in [2.24, 2.45) is 0 Å². The molecule has 10 nitrogen and oxygen atoms in total. The van der Waals surface area contributed by atoms with Crippen LogP contribution in [-0.4, -0.2) is 91.4 Å².